The summed E-state index contributed by atoms with van der Waals surface area (Å²) in [5, 5.41) is 2.96. The average Bonchev–Trinajstić information content (AvgIpc) is 3.25. The molecule has 1 heterocycles. The van der Waals surface area contributed by atoms with E-state index in [2.05, 4.69) is 5.32 Å². The molecule has 3 rings (SSSR count). The van der Waals surface area contributed by atoms with E-state index in [1.165, 1.54) is 12.1 Å². The van der Waals surface area contributed by atoms with Crippen LogP contribution in [0.2, 0.25) is 0 Å². The molecule has 1 fully saturated rings. The predicted octanol–water partition coefficient (Wildman–Crippen LogP) is 4.70. The highest BCUT2D eigenvalue weighted by atomic mass is 19.1. The van der Waals surface area contributed by atoms with Crippen molar-refractivity contribution in [2.24, 2.45) is 5.92 Å². The van der Waals surface area contributed by atoms with E-state index in [-0.39, 0.29) is 23.8 Å². The van der Waals surface area contributed by atoms with E-state index in [1.54, 1.807) is 17.0 Å². The van der Waals surface area contributed by atoms with E-state index >= 15 is 0 Å². The largest absolute Gasteiger partial charge is 0.377 e. The molecule has 0 spiro atoms. The number of nitrogens with zero attached hydrogens (tertiary/aromatic N) is 2. The molecule has 7 heteroatoms. The second kappa shape index (κ2) is 11.3. The van der Waals surface area contributed by atoms with Crippen molar-refractivity contribution in [3.05, 3.63) is 59.4 Å². The van der Waals surface area contributed by atoms with Crippen molar-refractivity contribution < 1.29 is 18.7 Å². The molecule has 0 unspecified atom stereocenters. The molecule has 2 amide bonds. The lowest BCUT2D eigenvalue weighted by Gasteiger charge is -2.28. The van der Waals surface area contributed by atoms with E-state index in [0.717, 1.165) is 24.1 Å². The molecule has 0 aliphatic carbocycles. The minimum atomic E-state index is -0.443. The maximum Gasteiger partial charge on any atom is 0.254 e. The number of carbonyl (C=O) groups excluding carboxylic acids is 2. The fourth-order valence-electron chi connectivity index (χ4n) is 4.07. The summed E-state index contributed by atoms with van der Waals surface area (Å²) in [4.78, 5) is 29.4. The normalized spacial score (nSPS) is 15.5. The molecule has 0 saturated carbocycles. The molecule has 1 saturated heterocycles. The molecule has 0 aromatic heterocycles. The maximum atomic E-state index is 13.8. The summed E-state index contributed by atoms with van der Waals surface area (Å²) in [5.74, 6) is -0.470. The first-order valence-electron chi connectivity index (χ1n) is 11.5. The zero-order chi connectivity index (χ0) is 24.0. The number of anilines is 2. The van der Waals surface area contributed by atoms with Crippen LogP contribution in [0.25, 0.3) is 0 Å². The van der Waals surface area contributed by atoms with Gasteiger partial charge in [0.2, 0.25) is 5.91 Å². The zero-order valence-corrected chi connectivity index (χ0v) is 19.9. The smallest absolute Gasteiger partial charge is 0.254 e. The number of carbonyl (C=O) groups is 2. The van der Waals surface area contributed by atoms with Gasteiger partial charge in [-0.25, -0.2) is 4.39 Å². The summed E-state index contributed by atoms with van der Waals surface area (Å²) in [5.41, 5.74) is 2.84. The number of nitrogens with one attached hydrogen (secondary N) is 1. The van der Waals surface area contributed by atoms with Crippen molar-refractivity contribution in [2.75, 3.05) is 37.5 Å². The second-order valence-electron chi connectivity index (χ2n) is 9.22. The van der Waals surface area contributed by atoms with Gasteiger partial charge in [-0.1, -0.05) is 19.9 Å². The molecular weight excluding hydrogens is 421 g/mol. The standard InChI is InChI=1S/C26H34FN3O3/c1-18(2)13-25(31)28-22-10-11-24(29(3)4)20(15-22)16-30(17-23-9-6-12-33-23)26(32)19-7-5-8-21(27)14-19/h5,7-8,10-11,14-15,18,23H,6,9,12-13,16-17H2,1-4H3,(H,28,31)/t23-/m1/s1. The van der Waals surface area contributed by atoms with E-state index in [9.17, 15) is 14.0 Å². The lowest BCUT2D eigenvalue weighted by molar-refractivity contribution is -0.116. The summed E-state index contributed by atoms with van der Waals surface area (Å²) in [6.07, 6.45) is 2.25. The summed E-state index contributed by atoms with van der Waals surface area (Å²) in [7, 11) is 3.88. The van der Waals surface area contributed by atoms with Crippen molar-refractivity contribution in [3.8, 4) is 0 Å². The molecule has 1 N–H and O–H groups in total. The van der Waals surface area contributed by atoms with Crippen LogP contribution in [0.1, 0.15) is 49.0 Å². The zero-order valence-electron chi connectivity index (χ0n) is 19.9. The van der Waals surface area contributed by atoms with E-state index < -0.39 is 5.82 Å². The number of benzene rings is 2. The highest BCUT2D eigenvalue weighted by Gasteiger charge is 2.25. The number of halogens is 1. The van der Waals surface area contributed by atoms with Gasteiger partial charge >= 0.3 is 0 Å². The number of rotatable bonds is 9. The number of hydrogen-bond acceptors (Lipinski definition) is 4. The Labute approximate surface area is 195 Å². The van der Waals surface area contributed by atoms with Crippen LogP contribution in [0.15, 0.2) is 42.5 Å². The Kier molecular flexibility index (Phi) is 8.44. The van der Waals surface area contributed by atoms with Crippen LogP contribution in [-0.2, 0) is 16.1 Å². The summed E-state index contributed by atoms with van der Waals surface area (Å²) < 4.78 is 19.6. The minimum Gasteiger partial charge on any atom is -0.377 e. The average molecular weight is 456 g/mol. The van der Waals surface area contributed by atoms with E-state index in [1.807, 2.05) is 51.0 Å². The fourth-order valence-corrected chi connectivity index (χ4v) is 4.07. The van der Waals surface area contributed by atoms with Crippen LogP contribution in [-0.4, -0.2) is 50.1 Å². The lowest BCUT2D eigenvalue weighted by Crippen LogP contribution is -2.37. The van der Waals surface area contributed by atoms with Crippen LogP contribution in [0.4, 0.5) is 15.8 Å². The van der Waals surface area contributed by atoms with Gasteiger partial charge in [0, 0.05) is 57.2 Å². The van der Waals surface area contributed by atoms with Crippen molar-refractivity contribution in [1.82, 2.24) is 4.90 Å². The molecule has 0 bridgehead atoms. The van der Waals surface area contributed by atoms with Gasteiger partial charge in [0.15, 0.2) is 0 Å². The topological polar surface area (TPSA) is 61.9 Å². The third-order valence-electron chi connectivity index (χ3n) is 5.61. The number of ether oxygens (including phenoxy) is 1. The Balaban J connectivity index is 1.89. The quantitative estimate of drug-likeness (QED) is 0.596. The van der Waals surface area contributed by atoms with Gasteiger partial charge in [-0.15, -0.1) is 0 Å². The van der Waals surface area contributed by atoms with Crippen molar-refractivity contribution in [3.63, 3.8) is 0 Å². The van der Waals surface area contributed by atoms with Gasteiger partial charge in [-0.3, -0.25) is 9.59 Å². The van der Waals surface area contributed by atoms with Gasteiger partial charge in [-0.05, 0) is 60.7 Å². The van der Waals surface area contributed by atoms with E-state index in [0.29, 0.717) is 37.4 Å². The fraction of sp³-hybridized carbons (Fsp3) is 0.462. The first kappa shape index (κ1) is 24.7. The third-order valence-corrected chi connectivity index (χ3v) is 5.61. The van der Waals surface area contributed by atoms with Crippen LogP contribution in [0.5, 0.6) is 0 Å². The SMILES string of the molecule is CC(C)CC(=O)Nc1ccc(N(C)C)c(CN(C[C@H]2CCCO2)C(=O)c2cccc(F)c2)c1. The predicted molar refractivity (Wildman–Crippen MR) is 129 cm³/mol. The molecule has 2 aromatic rings. The lowest BCUT2D eigenvalue weighted by atomic mass is 10.1. The molecule has 2 aromatic carbocycles. The van der Waals surface area contributed by atoms with Crippen molar-refractivity contribution in [2.45, 2.75) is 45.8 Å². The first-order chi connectivity index (χ1) is 15.7. The molecule has 178 valence electrons. The van der Waals surface area contributed by atoms with Crippen LogP contribution in [0, 0.1) is 11.7 Å². The van der Waals surface area contributed by atoms with Gasteiger partial charge < -0.3 is 19.9 Å². The molecule has 6 nitrogen and oxygen atoms in total. The molecular formula is C26H34FN3O3. The van der Waals surface area contributed by atoms with Gasteiger partial charge in [0.1, 0.15) is 5.82 Å². The van der Waals surface area contributed by atoms with E-state index in [4.69, 9.17) is 4.74 Å². The third kappa shape index (κ3) is 7.02. The summed E-state index contributed by atoms with van der Waals surface area (Å²) in [6.45, 7) is 5.43. The number of hydrogen-bond donors (Lipinski definition) is 1. The summed E-state index contributed by atoms with van der Waals surface area (Å²) >= 11 is 0. The van der Waals surface area contributed by atoms with Gasteiger partial charge in [0.25, 0.3) is 5.91 Å². The Hall–Kier alpha value is -2.93. The molecule has 1 atom stereocenters. The minimum absolute atomic E-state index is 0.0411. The first-order valence-corrected chi connectivity index (χ1v) is 11.5. The molecule has 33 heavy (non-hydrogen) atoms. The highest BCUT2D eigenvalue weighted by Crippen LogP contribution is 2.26. The van der Waals surface area contributed by atoms with Gasteiger partial charge in [0.05, 0.1) is 6.10 Å². The Morgan fingerprint density at radius 1 is 1.18 bits per heavy atom. The molecule has 1 aliphatic heterocycles. The Morgan fingerprint density at radius 3 is 2.61 bits per heavy atom. The molecule has 0 radical (unpaired) electrons. The Morgan fingerprint density at radius 2 is 1.97 bits per heavy atom. The van der Waals surface area contributed by atoms with Gasteiger partial charge in [-0.2, -0.15) is 0 Å². The van der Waals surface area contributed by atoms with Crippen molar-refractivity contribution in [1.29, 1.82) is 0 Å². The second-order valence-corrected chi connectivity index (χ2v) is 9.22. The van der Waals surface area contributed by atoms with Crippen LogP contribution < -0.4 is 10.2 Å². The van der Waals surface area contributed by atoms with Crippen LogP contribution in [0.3, 0.4) is 0 Å². The summed E-state index contributed by atoms with van der Waals surface area (Å²) in [6, 6.07) is 11.5. The highest BCUT2D eigenvalue weighted by molar-refractivity contribution is 5.94. The molecule has 1 aliphatic rings. The van der Waals surface area contributed by atoms with Crippen LogP contribution >= 0.6 is 0 Å². The number of amides is 2. The van der Waals surface area contributed by atoms with Crippen molar-refractivity contribution >= 4 is 23.2 Å². The monoisotopic (exact) mass is 455 g/mol. The Bertz CT molecular complexity index is 971. The maximum absolute atomic E-state index is 13.8.